The zero-order valence-corrected chi connectivity index (χ0v) is 11.6. The summed E-state index contributed by atoms with van der Waals surface area (Å²) in [5, 5.41) is 2.93. The van der Waals surface area contributed by atoms with E-state index in [1.165, 1.54) is 0 Å². The van der Waals surface area contributed by atoms with Crippen molar-refractivity contribution in [1.29, 1.82) is 0 Å². The van der Waals surface area contributed by atoms with Gasteiger partial charge in [-0.25, -0.2) is 9.37 Å². The van der Waals surface area contributed by atoms with Crippen molar-refractivity contribution in [3.8, 4) is 0 Å². The van der Waals surface area contributed by atoms with E-state index in [1.807, 2.05) is 0 Å². The molecule has 0 bridgehead atoms. The minimum atomic E-state index is -0.562. The summed E-state index contributed by atoms with van der Waals surface area (Å²) in [7, 11) is 0. The maximum atomic E-state index is 13.1. The van der Waals surface area contributed by atoms with Crippen LogP contribution in [-0.2, 0) is 0 Å². The lowest BCUT2D eigenvalue weighted by Crippen LogP contribution is -2.47. The third-order valence-corrected chi connectivity index (χ3v) is 3.64. The highest BCUT2D eigenvalue weighted by atomic mass is 35.5. The van der Waals surface area contributed by atoms with Crippen molar-refractivity contribution in [2.75, 3.05) is 19.6 Å². The van der Waals surface area contributed by atoms with E-state index in [0.29, 0.717) is 0 Å². The number of halogens is 2. The predicted octanol–water partition coefficient (Wildman–Crippen LogP) is 2.09. The second-order valence-corrected chi connectivity index (χ2v) is 5.06. The molecule has 1 saturated heterocycles. The molecule has 1 N–H and O–H groups in total. The summed E-state index contributed by atoms with van der Waals surface area (Å²) in [4.78, 5) is 18.0. The van der Waals surface area contributed by atoms with E-state index < -0.39 is 5.82 Å². The molecule has 0 saturated carbocycles. The molecule has 4 nitrogen and oxygen atoms in total. The minimum Gasteiger partial charge on any atom is -0.348 e. The van der Waals surface area contributed by atoms with E-state index in [9.17, 15) is 9.18 Å². The van der Waals surface area contributed by atoms with Gasteiger partial charge in [-0.05, 0) is 32.0 Å². The van der Waals surface area contributed by atoms with Crippen molar-refractivity contribution in [2.24, 2.45) is 0 Å². The number of pyridine rings is 1. The number of likely N-dealkylation sites (N-methyl/N-ethyl adjacent to an activating group) is 1. The molecular weight excluding hydrogens is 269 g/mol. The van der Waals surface area contributed by atoms with Crippen molar-refractivity contribution in [2.45, 2.75) is 25.8 Å². The van der Waals surface area contributed by atoms with Crippen LogP contribution >= 0.6 is 11.6 Å². The van der Waals surface area contributed by atoms with Crippen molar-refractivity contribution in [3.05, 3.63) is 28.8 Å². The fourth-order valence-electron chi connectivity index (χ4n) is 2.31. The van der Waals surface area contributed by atoms with Crippen LogP contribution in [-0.4, -0.2) is 41.5 Å². The van der Waals surface area contributed by atoms with Crippen LogP contribution in [0.5, 0.6) is 0 Å². The van der Waals surface area contributed by atoms with Crippen LogP contribution in [0.15, 0.2) is 12.3 Å². The molecule has 19 heavy (non-hydrogen) atoms. The molecule has 2 rings (SSSR count). The van der Waals surface area contributed by atoms with Crippen LogP contribution in [0.4, 0.5) is 4.39 Å². The Labute approximate surface area is 117 Å². The number of carbonyl (C=O) groups is 1. The first-order valence-electron chi connectivity index (χ1n) is 6.44. The number of hydrogen-bond donors (Lipinski definition) is 1. The Morgan fingerprint density at radius 1 is 1.68 bits per heavy atom. The molecule has 1 aromatic rings. The average Bonchev–Trinajstić information content (AvgIpc) is 2.41. The molecule has 0 aliphatic carbocycles. The fraction of sp³-hybridized carbons (Fsp3) is 0.538. The van der Waals surface area contributed by atoms with Gasteiger partial charge in [0.15, 0.2) is 0 Å². The average molecular weight is 286 g/mol. The molecule has 1 aliphatic heterocycles. The molecule has 6 heteroatoms. The van der Waals surface area contributed by atoms with Crippen molar-refractivity contribution < 1.29 is 9.18 Å². The molecule has 1 fully saturated rings. The molecule has 0 spiro atoms. The minimum absolute atomic E-state index is 0.0297. The van der Waals surface area contributed by atoms with E-state index >= 15 is 0 Å². The second kappa shape index (κ2) is 6.30. The standard InChI is InChI=1S/C13H17ClFN3O/c1-2-18-5-3-4-10(8-18)17-13(19)11-6-9(15)7-16-12(11)14/h6-7,10H,2-5,8H2,1H3,(H,17,19). The first-order valence-corrected chi connectivity index (χ1v) is 6.82. The van der Waals surface area contributed by atoms with E-state index in [2.05, 4.69) is 22.1 Å². The van der Waals surface area contributed by atoms with Crippen LogP contribution in [0.1, 0.15) is 30.1 Å². The van der Waals surface area contributed by atoms with Crippen LogP contribution in [0.2, 0.25) is 5.15 Å². The lowest BCUT2D eigenvalue weighted by molar-refractivity contribution is 0.0905. The molecule has 1 atom stereocenters. The van der Waals surface area contributed by atoms with Crippen LogP contribution in [0.25, 0.3) is 0 Å². The van der Waals surface area contributed by atoms with E-state index in [-0.39, 0.29) is 22.7 Å². The highest BCUT2D eigenvalue weighted by Crippen LogP contribution is 2.15. The zero-order valence-electron chi connectivity index (χ0n) is 10.8. The van der Waals surface area contributed by atoms with Gasteiger partial charge in [0.25, 0.3) is 5.91 Å². The fourth-order valence-corrected chi connectivity index (χ4v) is 2.49. The monoisotopic (exact) mass is 285 g/mol. The van der Waals surface area contributed by atoms with Crippen molar-refractivity contribution in [3.63, 3.8) is 0 Å². The molecule has 104 valence electrons. The molecular formula is C13H17ClFN3O. The normalized spacial score (nSPS) is 20.3. The van der Waals surface area contributed by atoms with Gasteiger partial charge in [0.05, 0.1) is 11.8 Å². The Morgan fingerprint density at radius 2 is 2.47 bits per heavy atom. The van der Waals surface area contributed by atoms with Gasteiger partial charge in [0, 0.05) is 12.6 Å². The van der Waals surface area contributed by atoms with Gasteiger partial charge in [0.2, 0.25) is 0 Å². The van der Waals surface area contributed by atoms with Gasteiger partial charge in [-0.3, -0.25) is 4.79 Å². The number of rotatable bonds is 3. The summed E-state index contributed by atoms with van der Waals surface area (Å²) < 4.78 is 13.1. The van der Waals surface area contributed by atoms with Crippen LogP contribution in [0.3, 0.4) is 0 Å². The molecule has 0 aromatic carbocycles. The number of piperidine rings is 1. The highest BCUT2D eigenvalue weighted by molar-refractivity contribution is 6.32. The largest absolute Gasteiger partial charge is 0.348 e. The quantitative estimate of drug-likeness (QED) is 0.865. The van der Waals surface area contributed by atoms with E-state index in [1.54, 1.807) is 0 Å². The molecule has 1 aromatic heterocycles. The summed E-state index contributed by atoms with van der Waals surface area (Å²) >= 11 is 5.82. The number of aromatic nitrogens is 1. The summed E-state index contributed by atoms with van der Waals surface area (Å²) in [5.74, 6) is -0.923. The van der Waals surface area contributed by atoms with Gasteiger partial charge in [-0.15, -0.1) is 0 Å². The van der Waals surface area contributed by atoms with E-state index in [4.69, 9.17) is 11.6 Å². The lowest BCUT2D eigenvalue weighted by Gasteiger charge is -2.32. The number of hydrogen-bond acceptors (Lipinski definition) is 3. The number of nitrogens with zero attached hydrogens (tertiary/aromatic N) is 2. The molecule has 0 radical (unpaired) electrons. The number of likely N-dealkylation sites (tertiary alicyclic amines) is 1. The highest BCUT2D eigenvalue weighted by Gasteiger charge is 2.22. The topological polar surface area (TPSA) is 45.2 Å². The summed E-state index contributed by atoms with van der Waals surface area (Å²) in [6, 6.07) is 1.20. The van der Waals surface area contributed by atoms with Crippen molar-refractivity contribution in [1.82, 2.24) is 15.2 Å². The first-order chi connectivity index (χ1) is 9.10. The number of nitrogens with one attached hydrogen (secondary N) is 1. The zero-order chi connectivity index (χ0) is 13.8. The van der Waals surface area contributed by atoms with Crippen LogP contribution in [0, 0.1) is 5.82 Å². The Morgan fingerprint density at radius 3 is 3.21 bits per heavy atom. The Kier molecular flexibility index (Phi) is 4.71. The third kappa shape index (κ3) is 3.64. The first kappa shape index (κ1) is 14.2. The molecule has 2 heterocycles. The maximum Gasteiger partial charge on any atom is 0.254 e. The Balaban J connectivity index is 2.02. The Bertz CT molecular complexity index is 469. The van der Waals surface area contributed by atoms with Crippen LogP contribution < -0.4 is 5.32 Å². The third-order valence-electron chi connectivity index (χ3n) is 3.34. The Hall–Kier alpha value is -1.20. The van der Waals surface area contributed by atoms with Crippen molar-refractivity contribution >= 4 is 17.5 Å². The SMILES string of the molecule is CCN1CCCC(NC(=O)c2cc(F)cnc2Cl)C1. The smallest absolute Gasteiger partial charge is 0.254 e. The molecule has 1 amide bonds. The molecule has 1 unspecified atom stereocenters. The number of carbonyl (C=O) groups excluding carboxylic acids is 1. The summed E-state index contributed by atoms with van der Waals surface area (Å²) in [6.45, 7) is 4.94. The van der Waals surface area contributed by atoms with Gasteiger partial charge in [-0.2, -0.15) is 0 Å². The van der Waals surface area contributed by atoms with Gasteiger partial charge in [-0.1, -0.05) is 18.5 Å². The van der Waals surface area contributed by atoms with Gasteiger partial charge >= 0.3 is 0 Å². The summed E-state index contributed by atoms with van der Waals surface area (Å²) in [6.07, 6.45) is 2.98. The molecule has 1 aliphatic rings. The lowest BCUT2D eigenvalue weighted by atomic mass is 10.1. The summed E-state index contributed by atoms with van der Waals surface area (Å²) in [5.41, 5.74) is 0.0929. The number of amides is 1. The predicted molar refractivity (Wildman–Crippen MR) is 71.8 cm³/mol. The van der Waals surface area contributed by atoms with Gasteiger partial charge < -0.3 is 10.2 Å². The van der Waals surface area contributed by atoms with Gasteiger partial charge in [0.1, 0.15) is 11.0 Å². The maximum absolute atomic E-state index is 13.1. The van der Waals surface area contributed by atoms with E-state index in [0.717, 1.165) is 44.7 Å². The second-order valence-electron chi connectivity index (χ2n) is 4.70.